The molecule has 0 aliphatic heterocycles. The maximum atomic E-state index is 5.50. The first-order chi connectivity index (χ1) is 12.3. The molecule has 146 valence electrons. The van der Waals surface area contributed by atoms with Crippen molar-refractivity contribution in [3.05, 3.63) is 47.1 Å². The maximum Gasteiger partial charge on any atom is 0.226 e. The average Bonchev–Trinajstić information content (AvgIpc) is 3.08. The second-order valence-electron chi connectivity index (χ2n) is 6.86. The summed E-state index contributed by atoms with van der Waals surface area (Å²) in [5.74, 6) is 1.45. The fraction of sp³-hybridized carbons (Fsp3) is 0.619. The summed E-state index contributed by atoms with van der Waals surface area (Å²) in [6.45, 7) is 2.92. The second kappa shape index (κ2) is 13.8. The van der Waals surface area contributed by atoms with Gasteiger partial charge in [-0.25, -0.2) is 0 Å². The molecule has 0 fully saturated rings. The van der Waals surface area contributed by atoms with Crippen molar-refractivity contribution in [3.8, 4) is 0 Å². The number of nitrogens with two attached hydrogens (primary N) is 1. The molecule has 1 heterocycles. The molecule has 1 aromatic carbocycles. The van der Waals surface area contributed by atoms with Crippen LogP contribution < -0.4 is 5.73 Å². The minimum absolute atomic E-state index is 0. The largest absolute Gasteiger partial charge is 0.339 e. The average molecular weight is 380 g/mol. The summed E-state index contributed by atoms with van der Waals surface area (Å²) in [6.07, 6.45) is 13.1. The van der Waals surface area contributed by atoms with Crippen molar-refractivity contribution >= 4 is 12.4 Å². The molecule has 0 saturated heterocycles. The zero-order chi connectivity index (χ0) is 17.7. The van der Waals surface area contributed by atoms with Gasteiger partial charge in [-0.3, -0.25) is 0 Å². The third-order valence-electron chi connectivity index (χ3n) is 4.56. The zero-order valence-electron chi connectivity index (χ0n) is 16.1. The van der Waals surface area contributed by atoms with E-state index < -0.39 is 0 Å². The molecule has 1 aromatic heterocycles. The van der Waals surface area contributed by atoms with Crippen molar-refractivity contribution in [2.45, 2.75) is 77.6 Å². The predicted molar refractivity (Wildman–Crippen MR) is 110 cm³/mol. The quantitative estimate of drug-likeness (QED) is 0.481. The van der Waals surface area contributed by atoms with Crippen LogP contribution in [0, 0.1) is 0 Å². The Bertz CT molecular complexity index is 583. The molecular weight excluding hydrogens is 346 g/mol. The van der Waals surface area contributed by atoms with E-state index in [1.54, 1.807) is 0 Å². The summed E-state index contributed by atoms with van der Waals surface area (Å²) in [5.41, 5.74) is 8.16. The van der Waals surface area contributed by atoms with E-state index in [0.29, 0.717) is 12.4 Å². The van der Waals surface area contributed by atoms with Crippen LogP contribution in [0.2, 0.25) is 0 Å². The van der Waals surface area contributed by atoms with Crippen molar-refractivity contribution in [2.24, 2.45) is 5.73 Å². The molecule has 0 spiro atoms. The molecule has 2 N–H and O–H groups in total. The summed E-state index contributed by atoms with van der Waals surface area (Å²) >= 11 is 0. The van der Waals surface area contributed by atoms with Gasteiger partial charge in [-0.2, -0.15) is 4.98 Å². The highest BCUT2D eigenvalue weighted by molar-refractivity contribution is 5.85. The van der Waals surface area contributed by atoms with E-state index in [-0.39, 0.29) is 12.4 Å². The van der Waals surface area contributed by atoms with Crippen molar-refractivity contribution < 1.29 is 4.52 Å². The zero-order valence-corrected chi connectivity index (χ0v) is 16.9. The van der Waals surface area contributed by atoms with Gasteiger partial charge in [0.05, 0.1) is 0 Å². The summed E-state index contributed by atoms with van der Waals surface area (Å²) in [4.78, 5) is 4.42. The topological polar surface area (TPSA) is 64.9 Å². The maximum absolute atomic E-state index is 5.50. The lowest BCUT2D eigenvalue weighted by Gasteiger charge is -2.04. The van der Waals surface area contributed by atoms with E-state index in [4.69, 9.17) is 10.3 Å². The van der Waals surface area contributed by atoms with Crippen LogP contribution in [-0.2, 0) is 19.3 Å². The number of benzene rings is 1. The Morgan fingerprint density at radius 3 is 2.19 bits per heavy atom. The third-order valence-corrected chi connectivity index (χ3v) is 4.56. The number of halogens is 1. The molecule has 0 aliphatic rings. The Hall–Kier alpha value is -1.39. The monoisotopic (exact) mass is 379 g/mol. The summed E-state index contributed by atoms with van der Waals surface area (Å²) < 4.78 is 5.25. The normalized spacial score (nSPS) is 10.7. The Kier molecular flexibility index (Phi) is 12.0. The Morgan fingerprint density at radius 1 is 0.846 bits per heavy atom. The molecule has 0 atom stereocenters. The van der Waals surface area contributed by atoms with Gasteiger partial charge in [-0.15, -0.1) is 12.4 Å². The Morgan fingerprint density at radius 2 is 1.50 bits per heavy atom. The molecular formula is C21H34ClN3O. The number of hydrogen-bond donors (Lipinski definition) is 1. The van der Waals surface area contributed by atoms with E-state index in [9.17, 15) is 0 Å². The summed E-state index contributed by atoms with van der Waals surface area (Å²) in [5, 5.41) is 4.05. The smallest absolute Gasteiger partial charge is 0.226 e. The van der Waals surface area contributed by atoms with E-state index in [2.05, 4.69) is 41.3 Å². The molecule has 0 bridgehead atoms. The minimum Gasteiger partial charge on any atom is -0.339 e. The Balaban J connectivity index is 0.00000338. The van der Waals surface area contributed by atoms with Crippen molar-refractivity contribution in [2.75, 3.05) is 6.54 Å². The van der Waals surface area contributed by atoms with E-state index in [1.165, 1.54) is 62.5 Å². The molecule has 4 nitrogen and oxygen atoms in total. The van der Waals surface area contributed by atoms with Crippen LogP contribution >= 0.6 is 12.4 Å². The van der Waals surface area contributed by atoms with Gasteiger partial charge in [0.15, 0.2) is 5.82 Å². The van der Waals surface area contributed by atoms with Crippen molar-refractivity contribution in [1.29, 1.82) is 0 Å². The van der Waals surface area contributed by atoms with Gasteiger partial charge >= 0.3 is 0 Å². The highest BCUT2D eigenvalue weighted by Gasteiger charge is 2.07. The SMILES string of the molecule is CCCCCCCCCc1ccc(Cc2noc(CCCN)n2)cc1.Cl. The fourth-order valence-corrected chi connectivity index (χ4v) is 3.01. The number of hydrogen-bond acceptors (Lipinski definition) is 4. The molecule has 2 aromatic rings. The van der Waals surface area contributed by atoms with Crippen LogP contribution in [0.15, 0.2) is 28.8 Å². The predicted octanol–water partition coefficient (Wildman–Crippen LogP) is 5.27. The van der Waals surface area contributed by atoms with Crippen molar-refractivity contribution in [1.82, 2.24) is 10.1 Å². The molecule has 26 heavy (non-hydrogen) atoms. The summed E-state index contributed by atoms with van der Waals surface area (Å²) in [6, 6.07) is 8.85. The van der Waals surface area contributed by atoms with Gasteiger partial charge in [0.2, 0.25) is 5.89 Å². The van der Waals surface area contributed by atoms with Gasteiger partial charge < -0.3 is 10.3 Å². The molecule has 0 unspecified atom stereocenters. The van der Waals surface area contributed by atoms with Crippen LogP contribution in [0.1, 0.15) is 81.1 Å². The second-order valence-corrected chi connectivity index (χ2v) is 6.86. The Labute approximate surface area is 164 Å². The van der Waals surface area contributed by atoms with Crippen LogP contribution in [0.4, 0.5) is 0 Å². The van der Waals surface area contributed by atoms with Gasteiger partial charge in [0.1, 0.15) is 0 Å². The van der Waals surface area contributed by atoms with Crippen LogP contribution in [0.3, 0.4) is 0 Å². The van der Waals surface area contributed by atoms with Crippen LogP contribution in [-0.4, -0.2) is 16.7 Å². The standard InChI is InChI=1S/C21H33N3O.ClH/c1-2-3-4-5-6-7-8-10-18-12-14-19(15-13-18)17-20-23-21(25-24-20)11-9-16-22;/h12-15H,2-11,16-17,22H2,1H3;1H. The summed E-state index contributed by atoms with van der Waals surface area (Å²) in [7, 11) is 0. The number of aryl methyl sites for hydroxylation is 2. The molecule has 0 amide bonds. The van der Waals surface area contributed by atoms with Crippen molar-refractivity contribution in [3.63, 3.8) is 0 Å². The first-order valence-corrected chi connectivity index (χ1v) is 9.91. The highest BCUT2D eigenvalue weighted by Crippen LogP contribution is 2.13. The molecule has 0 radical (unpaired) electrons. The minimum atomic E-state index is 0. The number of aromatic nitrogens is 2. The van der Waals surface area contributed by atoms with E-state index in [0.717, 1.165) is 25.1 Å². The number of nitrogens with zero attached hydrogens (tertiary/aromatic N) is 2. The first-order valence-electron chi connectivity index (χ1n) is 9.91. The van der Waals surface area contributed by atoms with Gasteiger partial charge in [-0.05, 0) is 36.9 Å². The fourth-order valence-electron chi connectivity index (χ4n) is 3.01. The molecule has 5 heteroatoms. The number of rotatable bonds is 13. The lowest BCUT2D eigenvalue weighted by Crippen LogP contribution is -2.00. The first kappa shape index (κ1) is 22.7. The van der Waals surface area contributed by atoms with Gasteiger partial charge in [0.25, 0.3) is 0 Å². The third kappa shape index (κ3) is 8.81. The molecule has 2 rings (SSSR count). The number of unbranched alkanes of at least 4 members (excludes halogenated alkanes) is 6. The van der Waals surface area contributed by atoms with Gasteiger partial charge in [0, 0.05) is 12.8 Å². The molecule has 0 aliphatic carbocycles. The lowest BCUT2D eigenvalue weighted by molar-refractivity contribution is 0.371. The van der Waals surface area contributed by atoms with Crippen LogP contribution in [0.5, 0.6) is 0 Å². The van der Waals surface area contributed by atoms with E-state index >= 15 is 0 Å². The van der Waals surface area contributed by atoms with Gasteiger partial charge in [-0.1, -0.05) is 74.9 Å². The van der Waals surface area contributed by atoms with E-state index in [1.807, 2.05) is 0 Å². The lowest BCUT2D eigenvalue weighted by atomic mass is 10.0. The highest BCUT2D eigenvalue weighted by atomic mass is 35.5. The van der Waals surface area contributed by atoms with Crippen LogP contribution in [0.25, 0.3) is 0 Å². The molecule has 0 saturated carbocycles.